The van der Waals surface area contributed by atoms with Crippen LogP contribution in [0, 0.1) is 0 Å². The number of hydrogen-bond donors (Lipinski definition) is 0. The van der Waals surface area contributed by atoms with Gasteiger partial charge in [-0.15, -0.1) is 11.6 Å². The molecule has 90 valence electrons. The largest absolute Gasteiger partial charge is 0.385 e. The Bertz CT molecular complexity index is 281. The molecule has 0 N–H and O–H groups in total. The molecule has 1 saturated heterocycles. The molecular formula is C9H18ClNO3S. The fraction of sp³-hybridized carbons (Fsp3) is 1.00. The summed E-state index contributed by atoms with van der Waals surface area (Å²) < 4.78 is 30.0. The molecule has 0 aromatic carbocycles. The molecule has 1 fully saturated rings. The molecule has 1 unspecified atom stereocenters. The molecule has 0 bridgehead atoms. The Morgan fingerprint density at radius 3 is 2.87 bits per heavy atom. The number of halogens is 1. The summed E-state index contributed by atoms with van der Waals surface area (Å²) in [6.45, 7) is 1.55. The van der Waals surface area contributed by atoms with Gasteiger partial charge in [-0.1, -0.05) is 0 Å². The lowest BCUT2D eigenvalue weighted by atomic mass is 10.2. The summed E-state index contributed by atoms with van der Waals surface area (Å²) in [6.07, 6.45) is 2.31. The SMILES string of the molecule is COCCCS(=O)(=O)N1CCCC(Cl)C1. The second-order valence-corrected chi connectivity index (χ2v) is 6.47. The highest BCUT2D eigenvalue weighted by molar-refractivity contribution is 7.89. The van der Waals surface area contributed by atoms with Gasteiger partial charge >= 0.3 is 0 Å². The minimum atomic E-state index is -3.12. The average molecular weight is 256 g/mol. The first-order valence-electron chi connectivity index (χ1n) is 5.17. The lowest BCUT2D eigenvalue weighted by molar-refractivity contribution is 0.199. The maximum atomic E-state index is 11.8. The van der Waals surface area contributed by atoms with Gasteiger partial charge in [0, 0.05) is 32.2 Å². The van der Waals surface area contributed by atoms with Crippen LogP contribution in [0.5, 0.6) is 0 Å². The van der Waals surface area contributed by atoms with Crippen LogP contribution in [0.3, 0.4) is 0 Å². The van der Waals surface area contributed by atoms with Crippen LogP contribution in [-0.4, -0.2) is 50.7 Å². The second-order valence-electron chi connectivity index (χ2n) is 3.76. The van der Waals surface area contributed by atoms with E-state index >= 15 is 0 Å². The van der Waals surface area contributed by atoms with E-state index in [1.165, 1.54) is 4.31 Å². The van der Waals surface area contributed by atoms with Gasteiger partial charge < -0.3 is 4.74 Å². The van der Waals surface area contributed by atoms with Crippen molar-refractivity contribution in [3.63, 3.8) is 0 Å². The molecule has 0 spiro atoms. The summed E-state index contributed by atoms with van der Waals surface area (Å²) in [5.74, 6) is 0.157. The molecule has 1 heterocycles. The quantitative estimate of drug-likeness (QED) is 0.545. The van der Waals surface area contributed by atoms with Crippen molar-refractivity contribution in [2.75, 3.05) is 32.6 Å². The van der Waals surface area contributed by atoms with Gasteiger partial charge in [0.25, 0.3) is 0 Å². The molecule has 6 heteroatoms. The standard InChI is InChI=1S/C9H18ClNO3S/c1-14-6-3-7-15(12,13)11-5-2-4-9(10)8-11/h9H,2-8H2,1H3. The smallest absolute Gasteiger partial charge is 0.214 e. The lowest BCUT2D eigenvalue weighted by Crippen LogP contribution is -2.41. The molecule has 4 nitrogen and oxygen atoms in total. The van der Waals surface area contributed by atoms with Crippen molar-refractivity contribution in [2.24, 2.45) is 0 Å². The molecule has 1 aliphatic rings. The van der Waals surface area contributed by atoms with E-state index in [1.807, 2.05) is 0 Å². The van der Waals surface area contributed by atoms with Crippen LogP contribution >= 0.6 is 11.6 Å². The highest BCUT2D eigenvalue weighted by Crippen LogP contribution is 2.18. The molecule has 0 aliphatic carbocycles. The number of sulfonamides is 1. The van der Waals surface area contributed by atoms with E-state index in [-0.39, 0.29) is 11.1 Å². The minimum Gasteiger partial charge on any atom is -0.385 e. The lowest BCUT2D eigenvalue weighted by Gasteiger charge is -2.28. The van der Waals surface area contributed by atoms with Crippen LogP contribution < -0.4 is 0 Å². The Labute approximate surface area is 96.6 Å². The van der Waals surface area contributed by atoms with Crippen LogP contribution in [0.2, 0.25) is 0 Å². The summed E-state index contributed by atoms with van der Waals surface area (Å²) in [5, 5.41) is -0.0315. The number of methoxy groups -OCH3 is 1. The molecule has 0 saturated carbocycles. The first-order valence-corrected chi connectivity index (χ1v) is 7.21. The van der Waals surface area contributed by atoms with Crippen molar-refractivity contribution in [1.82, 2.24) is 4.31 Å². The maximum absolute atomic E-state index is 11.8. The van der Waals surface area contributed by atoms with E-state index in [9.17, 15) is 8.42 Å². The molecule has 0 radical (unpaired) electrons. The van der Waals surface area contributed by atoms with Gasteiger partial charge in [-0.2, -0.15) is 0 Å². The first-order chi connectivity index (χ1) is 7.06. The van der Waals surface area contributed by atoms with Crippen LogP contribution in [0.4, 0.5) is 0 Å². The topological polar surface area (TPSA) is 46.6 Å². The van der Waals surface area contributed by atoms with Gasteiger partial charge in [-0.05, 0) is 19.3 Å². The Balaban J connectivity index is 2.45. The van der Waals surface area contributed by atoms with Crippen LogP contribution in [0.15, 0.2) is 0 Å². The van der Waals surface area contributed by atoms with Crippen LogP contribution in [-0.2, 0) is 14.8 Å². The van der Waals surface area contributed by atoms with E-state index in [4.69, 9.17) is 16.3 Å². The van der Waals surface area contributed by atoms with Gasteiger partial charge in [-0.3, -0.25) is 0 Å². The zero-order chi connectivity index (χ0) is 11.3. The van der Waals surface area contributed by atoms with Gasteiger partial charge in [0.2, 0.25) is 10.0 Å². The molecule has 1 atom stereocenters. The normalized spacial score (nSPS) is 24.3. The summed E-state index contributed by atoms with van der Waals surface area (Å²) >= 11 is 5.95. The number of piperidine rings is 1. The number of ether oxygens (including phenoxy) is 1. The van der Waals surface area contributed by atoms with E-state index < -0.39 is 10.0 Å². The molecule has 1 aliphatic heterocycles. The number of rotatable bonds is 5. The van der Waals surface area contributed by atoms with Crippen molar-refractivity contribution < 1.29 is 13.2 Å². The summed E-state index contributed by atoms with van der Waals surface area (Å²) in [4.78, 5) is 0. The molecule has 0 aromatic heterocycles. The van der Waals surface area contributed by atoms with E-state index in [0.29, 0.717) is 26.1 Å². The molecular weight excluding hydrogens is 238 g/mol. The Hall–Kier alpha value is 0.160. The van der Waals surface area contributed by atoms with Crippen molar-refractivity contribution in [1.29, 1.82) is 0 Å². The van der Waals surface area contributed by atoms with Gasteiger partial charge in [0.05, 0.1) is 5.75 Å². The Morgan fingerprint density at radius 2 is 2.27 bits per heavy atom. The van der Waals surface area contributed by atoms with Crippen molar-refractivity contribution in [3.8, 4) is 0 Å². The highest BCUT2D eigenvalue weighted by Gasteiger charge is 2.27. The van der Waals surface area contributed by atoms with E-state index in [2.05, 4.69) is 0 Å². The van der Waals surface area contributed by atoms with Crippen molar-refractivity contribution in [3.05, 3.63) is 0 Å². The zero-order valence-electron chi connectivity index (χ0n) is 8.99. The molecule has 15 heavy (non-hydrogen) atoms. The van der Waals surface area contributed by atoms with Crippen LogP contribution in [0.1, 0.15) is 19.3 Å². The number of hydrogen-bond acceptors (Lipinski definition) is 3. The highest BCUT2D eigenvalue weighted by atomic mass is 35.5. The predicted molar refractivity (Wildman–Crippen MR) is 60.7 cm³/mol. The average Bonchev–Trinajstić information content (AvgIpc) is 2.18. The second kappa shape index (κ2) is 6.03. The summed E-state index contributed by atoms with van der Waals surface area (Å²) in [7, 11) is -1.55. The molecule has 1 rings (SSSR count). The predicted octanol–water partition coefficient (Wildman–Crippen LogP) is 1.06. The van der Waals surface area contributed by atoms with Crippen LogP contribution in [0.25, 0.3) is 0 Å². The van der Waals surface area contributed by atoms with Gasteiger partial charge in [0.1, 0.15) is 0 Å². The summed E-state index contributed by atoms with van der Waals surface area (Å²) in [6, 6.07) is 0. The Kier molecular flexibility index (Phi) is 5.32. The third kappa shape index (κ3) is 4.26. The van der Waals surface area contributed by atoms with E-state index in [1.54, 1.807) is 7.11 Å². The fourth-order valence-corrected chi connectivity index (χ4v) is 3.62. The molecule has 0 aromatic rings. The third-order valence-corrected chi connectivity index (χ3v) is 4.75. The fourth-order valence-electron chi connectivity index (χ4n) is 1.66. The summed E-state index contributed by atoms with van der Waals surface area (Å²) in [5.41, 5.74) is 0. The Morgan fingerprint density at radius 1 is 1.53 bits per heavy atom. The first kappa shape index (κ1) is 13.2. The van der Waals surface area contributed by atoms with Crippen molar-refractivity contribution >= 4 is 21.6 Å². The number of nitrogens with zero attached hydrogens (tertiary/aromatic N) is 1. The molecule has 0 amide bonds. The third-order valence-electron chi connectivity index (χ3n) is 2.47. The van der Waals surface area contributed by atoms with Gasteiger partial charge in [0.15, 0.2) is 0 Å². The van der Waals surface area contributed by atoms with Crippen molar-refractivity contribution in [2.45, 2.75) is 24.6 Å². The zero-order valence-corrected chi connectivity index (χ0v) is 10.6. The minimum absolute atomic E-state index is 0.0315. The van der Waals surface area contributed by atoms with E-state index in [0.717, 1.165) is 12.8 Å². The number of alkyl halides is 1. The maximum Gasteiger partial charge on any atom is 0.214 e. The monoisotopic (exact) mass is 255 g/mol. The van der Waals surface area contributed by atoms with Gasteiger partial charge in [-0.25, -0.2) is 12.7 Å².